The first-order valence-electron chi connectivity index (χ1n) is 12.7. The molecule has 1 amide bonds. The third kappa shape index (κ3) is 5.75. The number of hydrogen-bond acceptors (Lipinski definition) is 6. The maximum absolute atomic E-state index is 13.8. The van der Waals surface area contributed by atoms with Gasteiger partial charge >= 0.3 is 0 Å². The van der Waals surface area contributed by atoms with Gasteiger partial charge in [0.05, 0.1) is 23.7 Å². The molecule has 0 bridgehead atoms. The predicted molar refractivity (Wildman–Crippen MR) is 134 cm³/mol. The van der Waals surface area contributed by atoms with Gasteiger partial charge in [-0.2, -0.15) is 0 Å². The fourth-order valence-electron chi connectivity index (χ4n) is 5.32. The van der Waals surface area contributed by atoms with E-state index in [9.17, 15) is 13.2 Å². The van der Waals surface area contributed by atoms with Crippen LogP contribution >= 0.6 is 0 Å². The van der Waals surface area contributed by atoms with Gasteiger partial charge in [-0.25, -0.2) is 12.7 Å². The molecule has 34 heavy (non-hydrogen) atoms. The summed E-state index contributed by atoms with van der Waals surface area (Å²) < 4.78 is 32.3. The van der Waals surface area contributed by atoms with Crippen LogP contribution in [-0.2, 0) is 14.8 Å². The Balaban J connectivity index is 1.56. The lowest BCUT2D eigenvalue weighted by Gasteiger charge is -2.38. The van der Waals surface area contributed by atoms with Crippen LogP contribution in [0.15, 0.2) is 23.1 Å². The number of sulfonamides is 1. The molecule has 3 saturated heterocycles. The Kier molecular flexibility index (Phi) is 8.17. The standard InChI is InChI=1S/C25H40N4O4S/c1-20-8-11-27(12-9-20)18-21-5-4-10-29(19-21)25(30)23-17-22(34(31,32)26(2)3)6-7-24(23)28-13-15-33-16-14-28/h6-7,17,20-21H,4-5,8-16,18-19H2,1-3H3. The Labute approximate surface area is 204 Å². The van der Waals surface area contributed by atoms with Gasteiger partial charge in [-0.05, 0) is 68.8 Å². The van der Waals surface area contributed by atoms with E-state index in [0.717, 1.165) is 57.2 Å². The molecule has 0 N–H and O–H groups in total. The number of ether oxygens (including phenoxy) is 1. The summed E-state index contributed by atoms with van der Waals surface area (Å²) in [6.45, 7) is 9.71. The van der Waals surface area contributed by atoms with Crippen LogP contribution in [0.2, 0.25) is 0 Å². The number of amides is 1. The number of morpholine rings is 1. The Morgan fingerprint density at radius 2 is 1.76 bits per heavy atom. The van der Waals surface area contributed by atoms with E-state index in [1.54, 1.807) is 18.2 Å². The minimum Gasteiger partial charge on any atom is -0.378 e. The molecule has 0 radical (unpaired) electrons. The molecule has 9 heteroatoms. The van der Waals surface area contributed by atoms with Crippen LogP contribution in [0.25, 0.3) is 0 Å². The third-order valence-electron chi connectivity index (χ3n) is 7.53. The minimum absolute atomic E-state index is 0.0609. The normalized spacial score (nSPS) is 23.5. The van der Waals surface area contributed by atoms with Crippen LogP contribution in [0.5, 0.6) is 0 Å². The highest BCUT2D eigenvalue weighted by Crippen LogP contribution is 2.29. The van der Waals surface area contributed by atoms with E-state index in [1.165, 1.54) is 31.2 Å². The molecule has 1 unspecified atom stereocenters. The zero-order valence-corrected chi connectivity index (χ0v) is 21.7. The van der Waals surface area contributed by atoms with Gasteiger partial charge in [-0.15, -0.1) is 0 Å². The second-order valence-electron chi connectivity index (χ2n) is 10.3. The second kappa shape index (κ2) is 10.9. The number of carbonyl (C=O) groups is 1. The molecule has 0 aliphatic carbocycles. The van der Waals surface area contributed by atoms with Gasteiger partial charge < -0.3 is 19.4 Å². The highest BCUT2D eigenvalue weighted by Gasteiger charge is 2.30. The Hall–Kier alpha value is -1.68. The molecule has 0 aromatic heterocycles. The number of benzene rings is 1. The number of nitrogens with zero attached hydrogens (tertiary/aromatic N) is 4. The first kappa shape index (κ1) is 25.4. The average Bonchev–Trinajstić information content (AvgIpc) is 2.85. The molecule has 4 rings (SSSR count). The summed E-state index contributed by atoms with van der Waals surface area (Å²) in [5.41, 5.74) is 1.29. The summed E-state index contributed by atoms with van der Waals surface area (Å²) in [6, 6.07) is 5.00. The molecule has 3 heterocycles. The van der Waals surface area contributed by atoms with Crippen molar-refractivity contribution in [3.05, 3.63) is 23.8 Å². The molecule has 3 fully saturated rings. The topological polar surface area (TPSA) is 73.4 Å². The highest BCUT2D eigenvalue weighted by atomic mass is 32.2. The van der Waals surface area contributed by atoms with Crippen LogP contribution in [0.3, 0.4) is 0 Å². The molecule has 3 aliphatic heterocycles. The number of likely N-dealkylation sites (tertiary alicyclic amines) is 2. The Bertz CT molecular complexity index is 954. The van der Waals surface area contributed by atoms with Gasteiger partial charge in [-0.1, -0.05) is 6.92 Å². The van der Waals surface area contributed by atoms with Crippen LogP contribution < -0.4 is 4.90 Å². The lowest BCUT2D eigenvalue weighted by Crippen LogP contribution is -2.45. The average molecular weight is 493 g/mol. The Morgan fingerprint density at radius 3 is 2.44 bits per heavy atom. The molecule has 1 aromatic rings. The van der Waals surface area contributed by atoms with Crippen molar-refractivity contribution in [1.29, 1.82) is 0 Å². The molecule has 0 spiro atoms. The van der Waals surface area contributed by atoms with E-state index >= 15 is 0 Å². The SMILES string of the molecule is CC1CCN(CC2CCCN(C(=O)c3cc(S(=O)(=O)N(C)C)ccc3N3CCOCC3)C2)CC1. The smallest absolute Gasteiger partial charge is 0.256 e. The quantitative estimate of drug-likeness (QED) is 0.607. The van der Waals surface area contributed by atoms with Crippen molar-refractivity contribution in [2.24, 2.45) is 11.8 Å². The molecule has 0 saturated carbocycles. The zero-order chi connectivity index (χ0) is 24.3. The fourth-order valence-corrected chi connectivity index (χ4v) is 6.24. The molecule has 190 valence electrons. The van der Waals surface area contributed by atoms with E-state index in [-0.39, 0.29) is 10.8 Å². The fraction of sp³-hybridized carbons (Fsp3) is 0.720. The largest absolute Gasteiger partial charge is 0.378 e. The van der Waals surface area contributed by atoms with Gasteiger partial charge in [0.15, 0.2) is 0 Å². The van der Waals surface area contributed by atoms with E-state index in [4.69, 9.17) is 4.74 Å². The number of hydrogen-bond donors (Lipinski definition) is 0. The first-order chi connectivity index (χ1) is 16.3. The maximum Gasteiger partial charge on any atom is 0.256 e. The van der Waals surface area contributed by atoms with Crippen molar-refractivity contribution in [2.45, 2.75) is 37.5 Å². The zero-order valence-electron chi connectivity index (χ0n) is 20.9. The van der Waals surface area contributed by atoms with Crippen molar-refractivity contribution in [3.8, 4) is 0 Å². The summed E-state index contributed by atoms with van der Waals surface area (Å²) >= 11 is 0. The third-order valence-corrected chi connectivity index (χ3v) is 9.34. The highest BCUT2D eigenvalue weighted by molar-refractivity contribution is 7.89. The van der Waals surface area contributed by atoms with Crippen molar-refractivity contribution < 1.29 is 17.9 Å². The minimum atomic E-state index is -3.63. The summed E-state index contributed by atoms with van der Waals surface area (Å²) in [5.74, 6) is 1.21. The summed E-state index contributed by atoms with van der Waals surface area (Å²) in [7, 11) is -0.599. The summed E-state index contributed by atoms with van der Waals surface area (Å²) in [6.07, 6.45) is 4.64. The van der Waals surface area contributed by atoms with Crippen molar-refractivity contribution in [2.75, 3.05) is 78.0 Å². The van der Waals surface area contributed by atoms with Crippen molar-refractivity contribution in [3.63, 3.8) is 0 Å². The molecule has 3 aliphatic rings. The maximum atomic E-state index is 13.8. The van der Waals surface area contributed by atoms with Gasteiger partial charge in [0, 0.05) is 52.5 Å². The molecular formula is C25H40N4O4S. The number of carbonyl (C=O) groups excluding carboxylic acids is 1. The predicted octanol–water partition coefficient (Wildman–Crippen LogP) is 2.36. The van der Waals surface area contributed by atoms with Crippen LogP contribution in [-0.4, -0.2) is 102 Å². The number of piperidine rings is 2. The van der Waals surface area contributed by atoms with E-state index in [2.05, 4.69) is 16.7 Å². The number of rotatable bonds is 6. The van der Waals surface area contributed by atoms with Crippen molar-refractivity contribution >= 4 is 21.6 Å². The first-order valence-corrected chi connectivity index (χ1v) is 14.1. The van der Waals surface area contributed by atoms with Crippen LogP contribution in [0.1, 0.15) is 43.0 Å². The lowest BCUT2D eigenvalue weighted by atomic mass is 9.94. The van der Waals surface area contributed by atoms with E-state index in [1.807, 2.05) is 4.90 Å². The van der Waals surface area contributed by atoms with E-state index in [0.29, 0.717) is 37.8 Å². The molecule has 8 nitrogen and oxygen atoms in total. The molecular weight excluding hydrogens is 452 g/mol. The summed E-state index contributed by atoms with van der Waals surface area (Å²) in [5, 5.41) is 0. The number of anilines is 1. The molecule has 1 atom stereocenters. The van der Waals surface area contributed by atoms with Gasteiger partial charge in [0.1, 0.15) is 0 Å². The Morgan fingerprint density at radius 1 is 1.06 bits per heavy atom. The van der Waals surface area contributed by atoms with Crippen LogP contribution in [0, 0.1) is 11.8 Å². The lowest BCUT2D eigenvalue weighted by molar-refractivity contribution is 0.0621. The molecule has 1 aromatic carbocycles. The van der Waals surface area contributed by atoms with Crippen molar-refractivity contribution in [1.82, 2.24) is 14.1 Å². The van der Waals surface area contributed by atoms with Gasteiger partial charge in [-0.3, -0.25) is 4.79 Å². The monoisotopic (exact) mass is 492 g/mol. The van der Waals surface area contributed by atoms with Gasteiger partial charge in [0.25, 0.3) is 5.91 Å². The second-order valence-corrected chi connectivity index (χ2v) is 12.5. The van der Waals surface area contributed by atoms with Gasteiger partial charge in [0.2, 0.25) is 10.0 Å². The summed E-state index contributed by atoms with van der Waals surface area (Å²) in [4.78, 5) is 20.6. The van der Waals surface area contributed by atoms with Crippen LogP contribution in [0.4, 0.5) is 5.69 Å². The van der Waals surface area contributed by atoms with E-state index < -0.39 is 10.0 Å².